The van der Waals surface area contributed by atoms with Crippen LogP contribution >= 0.6 is 0 Å². The molecule has 0 bridgehead atoms. The fourth-order valence-electron chi connectivity index (χ4n) is 2.45. The number of methoxy groups -OCH3 is 2. The molecule has 0 amide bonds. The summed E-state index contributed by atoms with van der Waals surface area (Å²) in [7, 11) is 3.36. The van der Waals surface area contributed by atoms with E-state index in [1.165, 1.54) is 22.3 Å². The van der Waals surface area contributed by atoms with E-state index >= 15 is 0 Å². The molecule has 22 heavy (non-hydrogen) atoms. The Labute approximate surface area is 131 Å². The molecule has 0 spiro atoms. The van der Waals surface area contributed by atoms with Gasteiger partial charge in [0, 0.05) is 0 Å². The highest BCUT2D eigenvalue weighted by Gasteiger charge is 2.02. The molecule has 0 aromatic heterocycles. The van der Waals surface area contributed by atoms with E-state index in [-0.39, 0.29) is 0 Å². The number of hydrogen-bond acceptors (Lipinski definition) is 2. The van der Waals surface area contributed by atoms with Crippen LogP contribution in [0.3, 0.4) is 0 Å². The highest BCUT2D eigenvalue weighted by molar-refractivity contribution is 5.73. The monoisotopic (exact) mass is 290 g/mol. The second-order valence-corrected chi connectivity index (χ2v) is 5.04. The smallest absolute Gasteiger partial charge is 0.118 e. The first-order valence-electron chi connectivity index (χ1n) is 7.19. The average Bonchev–Trinajstić information content (AvgIpc) is 2.62. The minimum atomic E-state index is 0.870. The van der Waals surface area contributed by atoms with Gasteiger partial charge in [0.2, 0.25) is 0 Å². The molecule has 0 aliphatic carbocycles. The average molecular weight is 290 g/mol. The molecule has 0 aliphatic rings. The summed E-state index contributed by atoms with van der Waals surface area (Å²) in [5.41, 5.74) is 4.74. The van der Waals surface area contributed by atoms with Crippen molar-refractivity contribution in [1.82, 2.24) is 0 Å². The van der Waals surface area contributed by atoms with E-state index in [1.807, 2.05) is 24.3 Å². The second kappa shape index (κ2) is 6.35. The maximum Gasteiger partial charge on any atom is 0.118 e. The predicted octanol–water partition coefficient (Wildman–Crippen LogP) is 5.04. The van der Waals surface area contributed by atoms with Gasteiger partial charge in [-0.1, -0.05) is 42.5 Å². The Balaban J connectivity index is 1.93. The van der Waals surface area contributed by atoms with Gasteiger partial charge in [-0.3, -0.25) is 0 Å². The summed E-state index contributed by atoms with van der Waals surface area (Å²) in [4.78, 5) is 0. The Morgan fingerprint density at radius 3 is 1.27 bits per heavy atom. The maximum absolute atomic E-state index is 5.21. The Morgan fingerprint density at radius 1 is 0.500 bits per heavy atom. The zero-order valence-electron chi connectivity index (χ0n) is 12.7. The first-order chi connectivity index (χ1) is 10.8. The zero-order chi connectivity index (χ0) is 15.4. The normalized spacial score (nSPS) is 10.3. The molecule has 3 rings (SSSR count). The number of benzene rings is 3. The molecular weight excluding hydrogens is 272 g/mol. The molecule has 3 aromatic carbocycles. The van der Waals surface area contributed by atoms with Crippen LogP contribution in [0.25, 0.3) is 22.3 Å². The molecule has 0 atom stereocenters. The third-order valence-corrected chi connectivity index (χ3v) is 3.71. The van der Waals surface area contributed by atoms with Crippen molar-refractivity contribution in [3.05, 3.63) is 72.8 Å². The fourth-order valence-corrected chi connectivity index (χ4v) is 2.45. The highest BCUT2D eigenvalue weighted by Crippen LogP contribution is 2.28. The third kappa shape index (κ3) is 2.96. The Hall–Kier alpha value is -2.74. The summed E-state index contributed by atoms with van der Waals surface area (Å²) in [6, 6.07) is 24.7. The lowest BCUT2D eigenvalue weighted by Crippen LogP contribution is -1.85. The second-order valence-electron chi connectivity index (χ2n) is 5.04. The molecular formula is C20H18O2. The predicted molar refractivity (Wildman–Crippen MR) is 90.4 cm³/mol. The van der Waals surface area contributed by atoms with Crippen molar-refractivity contribution in [2.24, 2.45) is 0 Å². The third-order valence-electron chi connectivity index (χ3n) is 3.71. The molecule has 3 aromatic rings. The summed E-state index contributed by atoms with van der Waals surface area (Å²) >= 11 is 0. The van der Waals surface area contributed by atoms with Crippen LogP contribution in [0, 0.1) is 0 Å². The SMILES string of the molecule is COc1ccc(-c2cccc(-c3ccc(OC)cc3)c2)cc1. The highest BCUT2D eigenvalue weighted by atomic mass is 16.5. The fraction of sp³-hybridized carbons (Fsp3) is 0.100. The summed E-state index contributed by atoms with van der Waals surface area (Å²) in [5, 5.41) is 0. The van der Waals surface area contributed by atoms with Crippen LogP contribution in [0.4, 0.5) is 0 Å². The minimum absolute atomic E-state index is 0.870. The molecule has 0 aliphatic heterocycles. The molecule has 2 heteroatoms. The van der Waals surface area contributed by atoms with Crippen molar-refractivity contribution in [3.8, 4) is 33.8 Å². The van der Waals surface area contributed by atoms with Gasteiger partial charge in [-0.25, -0.2) is 0 Å². The molecule has 0 saturated heterocycles. The van der Waals surface area contributed by atoms with E-state index < -0.39 is 0 Å². The number of rotatable bonds is 4. The summed E-state index contributed by atoms with van der Waals surface area (Å²) in [5.74, 6) is 1.74. The van der Waals surface area contributed by atoms with E-state index in [9.17, 15) is 0 Å². The van der Waals surface area contributed by atoms with Crippen LogP contribution in [0.1, 0.15) is 0 Å². The first-order valence-corrected chi connectivity index (χ1v) is 7.19. The van der Waals surface area contributed by atoms with Crippen LogP contribution in [-0.4, -0.2) is 14.2 Å². The molecule has 0 fully saturated rings. The van der Waals surface area contributed by atoms with Gasteiger partial charge in [-0.15, -0.1) is 0 Å². The van der Waals surface area contributed by atoms with Crippen LogP contribution < -0.4 is 9.47 Å². The molecule has 110 valence electrons. The van der Waals surface area contributed by atoms with Gasteiger partial charge in [0.05, 0.1) is 14.2 Å². The topological polar surface area (TPSA) is 18.5 Å². The lowest BCUT2D eigenvalue weighted by molar-refractivity contribution is 0.415. The molecule has 0 radical (unpaired) electrons. The van der Waals surface area contributed by atoms with Crippen LogP contribution in [0.2, 0.25) is 0 Å². The molecule has 2 nitrogen and oxygen atoms in total. The summed E-state index contributed by atoms with van der Waals surface area (Å²) in [6.07, 6.45) is 0. The van der Waals surface area contributed by atoms with E-state index in [1.54, 1.807) is 14.2 Å². The van der Waals surface area contributed by atoms with Crippen molar-refractivity contribution in [2.45, 2.75) is 0 Å². The Kier molecular flexibility index (Phi) is 4.10. The summed E-state index contributed by atoms with van der Waals surface area (Å²) in [6.45, 7) is 0. The molecule has 0 saturated carbocycles. The van der Waals surface area contributed by atoms with Crippen LogP contribution in [0.15, 0.2) is 72.8 Å². The van der Waals surface area contributed by atoms with Gasteiger partial charge >= 0.3 is 0 Å². The van der Waals surface area contributed by atoms with Gasteiger partial charge in [0.1, 0.15) is 11.5 Å². The van der Waals surface area contributed by atoms with Gasteiger partial charge in [-0.05, 0) is 52.6 Å². The molecule has 0 heterocycles. The van der Waals surface area contributed by atoms with E-state index in [4.69, 9.17) is 9.47 Å². The first kappa shape index (κ1) is 14.2. The van der Waals surface area contributed by atoms with Crippen molar-refractivity contribution in [3.63, 3.8) is 0 Å². The van der Waals surface area contributed by atoms with Gasteiger partial charge in [0.25, 0.3) is 0 Å². The standard InChI is InChI=1S/C20H18O2/c1-21-19-10-6-15(7-11-19)17-4-3-5-18(14-17)16-8-12-20(22-2)13-9-16/h3-14H,1-2H3. The van der Waals surface area contributed by atoms with Gasteiger partial charge in [-0.2, -0.15) is 0 Å². The number of ether oxygens (including phenoxy) is 2. The zero-order valence-corrected chi connectivity index (χ0v) is 12.7. The van der Waals surface area contributed by atoms with Crippen molar-refractivity contribution < 1.29 is 9.47 Å². The van der Waals surface area contributed by atoms with Crippen LogP contribution in [-0.2, 0) is 0 Å². The van der Waals surface area contributed by atoms with Gasteiger partial charge < -0.3 is 9.47 Å². The number of hydrogen-bond donors (Lipinski definition) is 0. The largest absolute Gasteiger partial charge is 0.497 e. The Morgan fingerprint density at radius 2 is 0.909 bits per heavy atom. The van der Waals surface area contributed by atoms with Crippen LogP contribution in [0.5, 0.6) is 11.5 Å². The van der Waals surface area contributed by atoms with Crippen molar-refractivity contribution >= 4 is 0 Å². The Bertz CT molecular complexity index is 681. The lowest BCUT2D eigenvalue weighted by Gasteiger charge is -2.08. The summed E-state index contributed by atoms with van der Waals surface area (Å²) < 4.78 is 10.4. The van der Waals surface area contributed by atoms with Gasteiger partial charge in [0.15, 0.2) is 0 Å². The van der Waals surface area contributed by atoms with Crippen molar-refractivity contribution in [1.29, 1.82) is 0 Å². The van der Waals surface area contributed by atoms with E-state index in [2.05, 4.69) is 48.5 Å². The molecule has 0 unspecified atom stereocenters. The van der Waals surface area contributed by atoms with E-state index in [0.717, 1.165) is 11.5 Å². The molecule has 0 N–H and O–H groups in total. The van der Waals surface area contributed by atoms with Crippen molar-refractivity contribution in [2.75, 3.05) is 14.2 Å². The quantitative estimate of drug-likeness (QED) is 0.670. The minimum Gasteiger partial charge on any atom is -0.497 e. The van der Waals surface area contributed by atoms with E-state index in [0.29, 0.717) is 0 Å². The lowest BCUT2D eigenvalue weighted by atomic mass is 9.99. The maximum atomic E-state index is 5.21.